The van der Waals surface area contributed by atoms with Crippen LogP contribution in [0.1, 0.15) is 30.4 Å². The van der Waals surface area contributed by atoms with Crippen LogP contribution in [0.3, 0.4) is 0 Å². The maximum atomic E-state index is 12.2. The molecule has 2 heteroatoms. The highest BCUT2D eigenvalue weighted by molar-refractivity contribution is 5.79. The van der Waals surface area contributed by atoms with E-state index in [-0.39, 0.29) is 11.9 Å². The molecule has 112 valence electrons. The summed E-state index contributed by atoms with van der Waals surface area (Å²) in [5.41, 5.74) is 3.67. The van der Waals surface area contributed by atoms with Crippen molar-refractivity contribution in [3.63, 3.8) is 0 Å². The number of benzene rings is 2. The molecule has 2 nitrogen and oxygen atoms in total. The number of carbonyl (C=O) groups is 1. The molecule has 1 N–H and O–H groups in total. The summed E-state index contributed by atoms with van der Waals surface area (Å²) < 4.78 is 0. The molecule has 0 bridgehead atoms. The standard InChI is InChI=1S/C20H21NO/c22-20(14-16-8-3-1-4-9-16)21-19-13-7-12-18(15-19)17-10-5-2-6-11-17/h1-6,8-11,15,19H,7,12-14H2,(H,21,22). The Labute approximate surface area is 131 Å². The van der Waals surface area contributed by atoms with E-state index in [1.807, 2.05) is 36.4 Å². The smallest absolute Gasteiger partial charge is 0.224 e. The van der Waals surface area contributed by atoms with Crippen LogP contribution < -0.4 is 5.32 Å². The van der Waals surface area contributed by atoms with E-state index in [2.05, 4.69) is 35.7 Å². The lowest BCUT2D eigenvalue weighted by atomic mass is 9.91. The third-order valence-electron chi connectivity index (χ3n) is 4.06. The highest BCUT2D eigenvalue weighted by atomic mass is 16.1. The molecule has 0 saturated heterocycles. The first-order valence-electron chi connectivity index (χ1n) is 7.91. The lowest BCUT2D eigenvalue weighted by Crippen LogP contribution is -2.35. The van der Waals surface area contributed by atoms with Gasteiger partial charge in [0.25, 0.3) is 0 Å². The quantitative estimate of drug-likeness (QED) is 0.907. The molecule has 2 aromatic carbocycles. The maximum absolute atomic E-state index is 12.2. The Morgan fingerprint density at radius 1 is 1.00 bits per heavy atom. The van der Waals surface area contributed by atoms with Gasteiger partial charge in [0.2, 0.25) is 5.91 Å². The van der Waals surface area contributed by atoms with Gasteiger partial charge in [0, 0.05) is 6.04 Å². The fourth-order valence-corrected chi connectivity index (χ4v) is 2.97. The summed E-state index contributed by atoms with van der Waals surface area (Å²) in [7, 11) is 0. The first-order valence-corrected chi connectivity index (χ1v) is 7.91. The fourth-order valence-electron chi connectivity index (χ4n) is 2.97. The highest BCUT2D eigenvalue weighted by Crippen LogP contribution is 2.26. The third kappa shape index (κ3) is 3.85. The van der Waals surface area contributed by atoms with Crippen molar-refractivity contribution < 1.29 is 4.79 Å². The number of carbonyl (C=O) groups excluding carboxylic acids is 1. The molecule has 0 saturated carbocycles. The van der Waals surface area contributed by atoms with Gasteiger partial charge in [-0.15, -0.1) is 0 Å². The second-order valence-corrected chi connectivity index (χ2v) is 5.79. The molecule has 1 aliphatic rings. The molecule has 1 amide bonds. The van der Waals surface area contributed by atoms with E-state index in [1.54, 1.807) is 0 Å². The number of amides is 1. The SMILES string of the molecule is O=C(Cc1ccccc1)NC1C=C(c2ccccc2)CCC1. The number of nitrogens with one attached hydrogen (secondary N) is 1. The Morgan fingerprint density at radius 3 is 2.41 bits per heavy atom. The van der Waals surface area contributed by atoms with Crippen LogP contribution in [0.4, 0.5) is 0 Å². The van der Waals surface area contributed by atoms with Crippen molar-refractivity contribution in [1.29, 1.82) is 0 Å². The zero-order valence-corrected chi connectivity index (χ0v) is 12.7. The van der Waals surface area contributed by atoms with Gasteiger partial charge >= 0.3 is 0 Å². The van der Waals surface area contributed by atoms with Crippen LogP contribution in [0.5, 0.6) is 0 Å². The van der Waals surface area contributed by atoms with Gasteiger partial charge in [-0.3, -0.25) is 4.79 Å². The van der Waals surface area contributed by atoms with Gasteiger partial charge in [0.05, 0.1) is 6.42 Å². The summed E-state index contributed by atoms with van der Waals surface area (Å²) in [6, 6.07) is 20.5. The molecular weight excluding hydrogens is 270 g/mol. The van der Waals surface area contributed by atoms with Crippen LogP contribution in [0, 0.1) is 0 Å². The molecule has 1 atom stereocenters. The Kier molecular flexibility index (Phi) is 4.69. The predicted molar refractivity (Wildman–Crippen MR) is 90.3 cm³/mol. The van der Waals surface area contributed by atoms with Crippen LogP contribution in [0.25, 0.3) is 5.57 Å². The molecule has 0 heterocycles. The van der Waals surface area contributed by atoms with Crippen molar-refractivity contribution in [3.8, 4) is 0 Å². The zero-order chi connectivity index (χ0) is 15.2. The van der Waals surface area contributed by atoms with E-state index in [0.717, 1.165) is 24.8 Å². The van der Waals surface area contributed by atoms with Gasteiger partial charge < -0.3 is 5.32 Å². The topological polar surface area (TPSA) is 29.1 Å². The van der Waals surface area contributed by atoms with Gasteiger partial charge in [-0.1, -0.05) is 66.7 Å². The normalized spacial score (nSPS) is 17.6. The minimum atomic E-state index is 0.0989. The summed E-state index contributed by atoms with van der Waals surface area (Å²) in [4.78, 5) is 12.2. The van der Waals surface area contributed by atoms with Crippen LogP contribution >= 0.6 is 0 Å². The first kappa shape index (κ1) is 14.6. The molecule has 0 aliphatic heterocycles. The lowest BCUT2D eigenvalue weighted by molar-refractivity contribution is -0.120. The summed E-state index contributed by atoms with van der Waals surface area (Å²) in [5, 5.41) is 3.15. The van der Waals surface area contributed by atoms with Crippen LogP contribution in [-0.4, -0.2) is 11.9 Å². The number of rotatable bonds is 4. The van der Waals surface area contributed by atoms with E-state index >= 15 is 0 Å². The minimum Gasteiger partial charge on any atom is -0.350 e. The zero-order valence-electron chi connectivity index (χ0n) is 12.7. The van der Waals surface area contributed by atoms with E-state index in [4.69, 9.17) is 0 Å². The van der Waals surface area contributed by atoms with Crippen LogP contribution in [0.2, 0.25) is 0 Å². The Morgan fingerprint density at radius 2 is 1.68 bits per heavy atom. The monoisotopic (exact) mass is 291 g/mol. The molecule has 2 aromatic rings. The van der Waals surface area contributed by atoms with E-state index in [9.17, 15) is 4.79 Å². The van der Waals surface area contributed by atoms with Gasteiger partial charge in [-0.25, -0.2) is 0 Å². The summed E-state index contributed by atoms with van der Waals surface area (Å²) in [5.74, 6) is 0.0989. The number of hydrogen-bond donors (Lipinski definition) is 1. The summed E-state index contributed by atoms with van der Waals surface area (Å²) in [6.07, 6.45) is 5.91. The van der Waals surface area contributed by atoms with Crippen molar-refractivity contribution >= 4 is 11.5 Å². The summed E-state index contributed by atoms with van der Waals surface area (Å²) >= 11 is 0. The van der Waals surface area contributed by atoms with Crippen LogP contribution in [0.15, 0.2) is 66.7 Å². The predicted octanol–water partition coefficient (Wildman–Crippen LogP) is 3.98. The lowest BCUT2D eigenvalue weighted by Gasteiger charge is -2.22. The maximum Gasteiger partial charge on any atom is 0.224 e. The van der Waals surface area contributed by atoms with E-state index in [0.29, 0.717) is 6.42 Å². The van der Waals surface area contributed by atoms with Crippen molar-refractivity contribution in [1.82, 2.24) is 5.32 Å². The van der Waals surface area contributed by atoms with Crippen molar-refractivity contribution in [3.05, 3.63) is 77.9 Å². The van der Waals surface area contributed by atoms with Gasteiger partial charge in [-0.05, 0) is 36.0 Å². The van der Waals surface area contributed by atoms with Gasteiger partial charge in [0.15, 0.2) is 0 Å². The second kappa shape index (κ2) is 7.08. The highest BCUT2D eigenvalue weighted by Gasteiger charge is 2.16. The molecule has 0 spiro atoms. The van der Waals surface area contributed by atoms with E-state index in [1.165, 1.54) is 11.1 Å². The Balaban J connectivity index is 1.64. The molecule has 22 heavy (non-hydrogen) atoms. The summed E-state index contributed by atoms with van der Waals surface area (Å²) in [6.45, 7) is 0. The third-order valence-corrected chi connectivity index (χ3v) is 4.06. The first-order chi connectivity index (χ1) is 10.8. The molecule has 0 radical (unpaired) electrons. The minimum absolute atomic E-state index is 0.0989. The van der Waals surface area contributed by atoms with Gasteiger partial charge in [-0.2, -0.15) is 0 Å². The van der Waals surface area contributed by atoms with Gasteiger partial charge in [0.1, 0.15) is 0 Å². The molecular formula is C20H21NO. The molecule has 1 unspecified atom stereocenters. The molecule has 1 aliphatic carbocycles. The van der Waals surface area contributed by atoms with Crippen molar-refractivity contribution in [2.75, 3.05) is 0 Å². The van der Waals surface area contributed by atoms with Crippen molar-refractivity contribution in [2.45, 2.75) is 31.7 Å². The van der Waals surface area contributed by atoms with Crippen LogP contribution in [-0.2, 0) is 11.2 Å². The molecule has 0 fully saturated rings. The number of allylic oxidation sites excluding steroid dienone is 1. The van der Waals surface area contributed by atoms with Crippen molar-refractivity contribution in [2.24, 2.45) is 0 Å². The average molecular weight is 291 g/mol. The number of hydrogen-bond acceptors (Lipinski definition) is 1. The fraction of sp³-hybridized carbons (Fsp3) is 0.250. The van der Waals surface area contributed by atoms with E-state index < -0.39 is 0 Å². The molecule has 0 aromatic heterocycles. The largest absolute Gasteiger partial charge is 0.350 e. The Bertz CT molecular complexity index is 646. The molecule has 3 rings (SSSR count). The second-order valence-electron chi connectivity index (χ2n) is 5.79. The Hall–Kier alpha value is -2.35. The average Bonchev–Trinajstić information content (AvgIpc) is 2.57.